The Labute approximate surface area is 110 Å². The van der Waals surface area contributed by atoms with Gasteiger partial charge in [-0.15, -0.1) is 23.7 Å². The molecule has 5 heteroatoms. The van der Waals surface area contributed by atoms with Crippen molar-refractivity contribution in [1.82, 2.24) is 10.3 Å². The Morgan fingerprint density at radius 1 is 1.47 bits per heavy atom. The average Bonchev–Trinajstić information content (AvgIpc) is 2.56. The number of carbonyl (C=O) groups excluding carboxylic acids is 1. The van der Waals surface area contributed by atoms with Crippen LogP contribution in [0.25, 0.3) is 10.2 Å². The molecule has 1 aliphatic heterocycles. The molecule has 1 aromatic heterocycles. The molecule has 0 radical (unpaired) electrons. The molecule has 1 aliphatic rings. The lowest BCUT2D eigenvalue weighted by Crippen LogP contribution is -2.49. The maximum Gasteiger partial charge on any atom is 0.156 e. The van der Waals surface area contributed by atoms with E-state index in [1.165, 1.54) is 0 Å². The predicted octanol–water partition coefficient (Wildman–Crippen LogP) is 2.19. The smallest absolute Gasteiger partial charge is 0.156 e. The number of halogens is 1. The molecule has 1 saturated heterocycles. The van der Waals surface area contributed by atoms with E-state index in [0.717, 1.165) is 28.2 Å². The van der Waals surface area contributed by atoms with Crippen LogP contribution in [0.2, 0.25) is 0 Å². The molecule has 1 fully saturated rings. The Balaban J connectivity index is 0.00000108. The van der Waals surface area contributed by atoms with Gasteiger partial charge in [0.1, 0.15) is 5.01 Å². The number of aromatic nitrogens is 1. The first-order valence-electron chi connectivity index (χ1n) is 5.43. The Morgan fingerprint density at radius 3 is 2.88 bits per heavy atom. The van der Waals surface area contributed by atoms with E-state index in [1.807, 2.05) is 24.3 Å². The van der Waals surface area contributed by atoms with Crippen molar-refractivity contribution in [3.63, 3.8) is 0 Å². The van der Waals surface area contributed by atoms with Crippen molar-refractivity contribution in [2.45, 2.75) is 18.9 Å². The van der Waals surface area contributed by atoms with Gasteiger partial charge in [0.05, 0.1) is 22.7 Å². The summed E-state index contributed by atoms with van der Waals surface area (Å²) in [6, 6.07) is 8.08. The lowest BCUT2D eigenvalue weighted by molar-refractivity contribution is -0.121. The Morgan fingerprint density at radius 2 is 2.24 bits per heavy atom. The largest absolute Gasteiger partial charge is 0.307 e. The van der Waals surface area contributed by atoms with E-state index in [0.29, 0.717) is 6.42 Å². The molecule has 2 aromatic rings. The monoisotopic (exact) mass is 268 g/mol. The van der Waals surface area contributed by atoms with Crippen LogP contribution in [0.3, 0.4) is 0 Å². The highest BCUT2D eigenvalue weighted by Gasteiger charge is 2.24. The van der Waals surface area contributed by atoms with Crippen molar-refractivity contribution < 1.29 is 4.79 Å². The van der Waals surface area contributed by atoms with E-state index in [4.69, 9.17) is 0 Å². The van der Waals surface area contributed by atoms with Crippen molar-refractivity contribution >= 4 is 39.7 Å². The van der Waals surface area contributed by atoms with Crippen LogP contribution in [0, 0.1) is 0 Å². The molecule has 3 rings (SSSR count). The molecule has 0 unspecified atom stereocenters. The van der Waals surface area contributed by atoms with Gasteiger partial charge in [0.25, 0.3) is 0 Å². The molecule has 17 heavy (non-hydrogen) atoms. The zero-order valence-electron chi connectivity index (χ0n) is 9.18. The first kappa shape index (κ1) is 12.5. The fourth-order valence-electron chi connectivity index (χ4n) is 1.83. The van der Waals surface area contributed by atoms with Crippen LogP contribution in [-0.4, -0.2) is 23.4 Å². The summed E-state index contributed by atoms with van der Waals surface area (Å²) in [6.07, 6.45) is 1.45. The highest BCUT2D eigenvalue weighted by Crippen LogP contribution is 2.22. The van der Waals surface area contributed by atoms with Crippen molar-refractivity contribution in [3.05, 3.63) is 29.3 Å². The number of nitrogens with zero attached hydrogens (tertiary/aromatic N) is 1. The summed E-state index contributed by atoms with van der Waals surface area (Å²) in [5.74, 6) is 0.269. The number of carbonyl (C=O) groups is 1. The topological polar surface area (TPSA) is 42.0 Å². The highest BCUT2D eigenvalue weighted by molar-refractivity contribution is 7.18. The zero-order chi connectivity index (χ0) is 11.0. The minimum atomic E-state index is 0. The molecule has 1 atom stereocenters. The van der Waals surface area contributed by atoms with Gasteiger partial charge in [-0.25, -0.2) is 4.98 Å². The van der Waals surface area contributed by atoms with E-state index in [1.54, 1.807) is 11.3 Å². The standard InChI is InChI=1S/C12H12N2OS.ClH/c15-10(8-5-6-13-8)7-12-14-9-3-1-2-4-11(9)16-12;/h1-4,8,13H,5-7H2;1H/t8-;/m0./s1. The molecule has 90 valence electrons. The number of para-hydroxylation sites is 1. The molecule has 1 aromatic carbocycles. The summed E-state index contributed by atoms with van der Waals surface area (Å²) < 4.78 is 1.16. The minimum absolute atomic E-state index is 0. The second kappa shape index (κ2) is 5.12. The molecule has 0 saturated carbocycles. The van der Waals surface area contributed by atoms with Crippen LogP contribution in [-0.2, 0) is 11.2 Å². The maximum absolute atomic E-state index is 11.8. The van der Waals surface area contributed by atoms with Crippen LogP contribution >= 0.6 is 23.7 Å². The van der Waals surface area contributed by atoms with Gasteiger partial charge < -0.3 is 5.32 Å². The average molecular weight is 269 g/mol. The number of thiazole rings is 1. The predicted molar refractivity (Wildman–Crippen MR) is 72.0 cm³/mol. The van der Waals surface area contributed by atoms with E-state index in [2.05, 4.69) is 10.3 Å². The summed E-state index contributed by atoms with van der Waals surface area (Å²) in [5.41, 5.74) is 0.997. The molecular formula is C12H13ClN2OS. The maximum atomic E-state index is 11.8. The second-order valence-corrected chi connectivity index (χ2v) is 5.13. The van der Waals surface area contributed by atoms with Gasteiger partial charge in [-0.1, -0.05) is 12.1 Å². The van der Waals surface area contributed by atoms with Gasteiger partial charge >= 0.3 is 0 Å². The number of rotatable bonds is 3. The van der Waals surface area contributed by atoms with Crippen molar-refractivity contribution in [2.75, 3.05) is 6.54 Å². The van der Waals surface area contributed by atoms with E-state index in [9.17, 15) is 4.79 Å². The number of Topliss-reactive ketones (excluding diaryl/α,β-unsaturated/α-hetero) is 1. The van der Waals surface area contributed by atoms with Gasteiger partial charge in [0.2, 0.25) is 0 Å². The van der Waals surface area contributed by atoms with Gasteiger partial charge in [0, 0.05) is 0 Å². The summed E-state index contributed by atoms with van der Waals surface area (Å²) in [6.45, 7) is 0.969. The number of fused-ring (bicyclic) bond motifs is 1. The molecule has 0 aliphatic carbocycles. The number of hydrogen-bond acceptors (Lipinski definition) is 4. The van der Waals surface area contributed by atoms with Crippen LogP contribution < -0.4 is 5.32 Å². The third kappa shape index (κ3) is 2.49. The first-order valence-corrected chi connectivity index (χ1v) is 6.25. The summed E-state index contributed by atoms with van der Waals surface area (Å²) in [4.78, 5) is 16.2. The number of ketones is 1. The van der Waals surface area contributed by atoms with Gasteiger partial charge in [-0.2, -0.15) is 0 Å². The molecule has 0 amide bonds. The van der Waals surface area contributed by atoms with E-state index < -0.39 is 0 Å². The first-order chi connectivity index (χ1) is 7.83. The van der Waals surface area contributed by atoms with Crippen molar-refractivity contribution in [1.29, 1.82) is 0 Å². The van der Waals surface area contributed by atoms with Crippen LogP contribution in [0.5, 0.6) is 0 Å². The van der Waals surface area contributed by atoms with Gasteiger partial charge in [0.15, 0.2) is 5.78 Å². The fourth-order valence-corrected chi connectivity index (χ4v) is 2.81. The fraction of sp³-hybridized carbons (Fsp3) is 0.333. The summed E-state index contributed by atoms with van der Waals surface area (Å²) in [5, 5.41) is 4.06. The highest BCUT2D eigenvalue weighted by atomic mass is 35.5. The lowest BCUT2D eigenvalue weighted by Gasteiger charge is -2.25. The molecule has 3 nitrogen and oxygen atoms in total. The van der Waals surface area contributed by atoms with Crippen molar-refractivity contribution in [2.24, 2.45) is 0 Å². The normalized spacial score (nSPS) is 18.5. The third-order valence-electron chi connectivity index (χ3n) is 2.88. The molecular weight excluding hydrogens is 256 g/mol. The van der Waals surface area contributed by atoms with Crippen molar-refractivity contribution in [3.8, 4) is 0 Å². The lowest BCUT2D eigenvalue weighted by atomic mass is 10.0. The van der Waals surface area contributed by atoms with Crippen LogP contribution in [0.15, 0.2) is 24.3 Å². The molecule has 2 heterocycles. The minimum Gasteiger partial charge on any atom is -0.307 e. The Kier molecular flexibility index (Phi) is 3.76. The number of benzene rings is 1. The molecule has 0 bridgehead atoms. The van der Waals surface area contributed by atoms with E-state index >= 15 is 0 Å². The van der Waals surface area contributed by atoms with Crippen LogP contribution in [0.1, 0.15) is 11.4 Å². The summed E-state index contributed by atoms with van der Waals surface area (Å²) in [7, 11) is 0. The third-order valence-corrected chi connectivity index (χ3v) is 3.91. The SMILES string of the molecule is Cl.O=C(Cc1nc2ccccc2s1)[C@@H]1CCN1. The summed E-state index contributed by atoms with van der Waals surface area (Å²) >= 11 is 1.62. The Bertz CT molecular complexity index is 503. The molecule has 0 spiro atoms. The van der Waals surface area contributed by atoms with Crippen LogP contribution in [0.4, 0.5) is 0 Å². The molecule has 1 N–H and O–H groups in total. The van der Waals surface area contributed by atoms with Gasteiger partial charge in [-0.05, 0) is 25.1 Å². The number of nitrogens with one attached hydrogen (secondary N) is 1. The van der Waals surface area contributed by atoms with Gasteiger partial charge in [-0.3, -0.25) is 4.79 Å². The second-order valence-electron chi connectivity index (χ2n) is 4.01. The number of hydrogen-bond donors (Lipinski definition) is 1. The van der Waals surface area contributed by atoms with E-state index in [-0.39, 0.29) is 24.2 Å². The zero-order valence-corrected chi connectivity index (χ0v) is 10.8. The quantitative estimate of drug-likeness (QED) is 0.928. The Hall–Kier alpha value is -0.970.